The standard InChI is InChI=1S/C28H31F2N7O3/c1-18(27(38)35(2)17-19-7-6-8-20(15-19)39-3)31-28-33-23(36-11-13-40-14-12-36)16-24(34-28)37-22-10-5-4-9-21(22)32-26(37)25(29)30/h4-10,15-16,18,25H,11-14,17H2,1-3H3,(H,31,33,34)/t18-/m0/s1. The predicted octanol–water partition coefficient (Wildman–Crippen LogP) is 4.06. The van der Waals surface area contributed by atoms with Gasteiger partial charge in [0.05, 0.1) is 31.4 Å². The average molecular weight is 552 g/mol. The topological polar surface area (TPSA) is 97.6 Å². The number of nitrogens with one attached hydrogen (secondary N) is 1. The molecule has 1 fully saturated rings. The van der Waals surface area contributed by atoms with Crippen LogP contribution >= 0.6 is 0 Å². The maximum atomic E-state index is 14.1. The molecule has 2 aromatic heterocycles. The van der Waals surface area contributed by atoms with Crippen molar-refractivity contribution in [1.82, 2.24) is 24.4 Å². The van der Waals surface area contributed by atoms with E-state index in [0.29, 0.717) is 55.4 Å². The van der Waals surface area contributed by atoms with E-state index >= 15 is 0 Å². The number of hydrogen-bond acceptors (Lipinski definition) is 8. The summed E-state index contributed by atoms with van der Waals surface area (Å²) < 4.78 is 40.3. The Balaban J connectivity index is 1.46. The van der Waals surface area contributed by atoms with Crippen LogP contribution < -0.4 is 15.0 Å². The molecule has 1 aliphatic rings. The van der Waals surface area contributed by atoms with Crippen LogP contribution in [0.1, 0.15) is 24.7 Å². The predicted molar refractivity (Wildman–Crippen MR) is 147 cm³/mol. The molecule has 12 heteroatoms. The van der Waals surface area contributed by atoms with E-state index in [1.165, 1.54) is 4.57 Å². The van der Waals surface area contributed by atoms with Crippen LogP contribution in [-0.4, -0.2) is 76.8 Å². The molecule has 10 nitrogen and oxygen atoms in total. The second kappa shape index (κ2) is 11.8. The lowest BCUT2D eigenvalue weighted by Gasteiger charge is -2.29. The Morgan fingerprint density at radius 1 is 1.07 bits per heavy atom. The first-order valence-corrected chi connectivity index (χ1v) is 13.0. The minimum Gasteiger partial charge on any atom is -0.497 e. The molecule has 0 saturated carbocycles. The molecule has 3 heterocycles. The molecular formula is C28H31F2N7O3. The summed E-state index contributed by atoms with van der Waals surface area (Å²) in [4.78, 5) is 30.2. The summed E-state index contributed by atoms with van der Waals surface area (Å²) in [6, 6.07) is 15.4. The molecule has 5 rings (SSSR count). The summed E-state index contributed by atoms with van der Waals surface area (Å²) in [6.07, 6.45) is -2.82. The number of ether oxygens (including phenoxy) is 2. The van der Waals surface area contributed by atoms with Crippen molar-refractivity contribution < 1.29 is 23.0 Å². The first-order valence-electron chi connectivity index (χ1n) is 13.0. The zero-order chi connectivity index (χ0) is 28.2. The molecule has 0 radical (unpaired) electrons. The van der Waals surface area contributed by atoms with Gasteiger partial charge in [-0.3, -0.25) is 9.36 Å². The van der Waals surface area contributed by atoms with E-state index < -0.39 is 18.3 Å². The highest BCUT2D eigenvalue weighted by atomic mass is 19.3. The third kappa shape index (κ3) is 5.81. The molecule has 1 saturated heterocycles. The number of alkyl halides is 2. The number of carbonyl (C=O) groups excluding carboxylic acids is 1. The number of anilines is 2. The number of nitrogens with zero attached hydrogens (tertiary/aromatic N) is 6. The van der Waals surface area contributed by atoms with Crippen molar-refractivity contribution >= 4 is 28.7 Å². The van der Waals surface area contributed by atoms with E-state index in [0.717, 1.165) is 5.56 Å². The third-order valence-corrected chi connectivity index (χ3v) is 6.69. The van der Waals surface area contributed by atoms with Gasteiger partial charge in [-0.25, -0.2) is 13.8 Å². The number of fused-ring (bicyclic) bond motifs is 1. The number of para-hydroxylation sites is 2. The van der Waals surface area contributed by atoms with Crippen LogP contribution in [-0.2, 0) is 16.1 Å². The molecule has 0 bridgehead atoms. The molecule has 1 N–H and O–H groups in total. The Hall–Kier alpha value is -4.32. The van der Waals surface area contributed by atoms with Crippen molar-refractivity contribution in [3.05, 3.63) is 66.0 Å². The molecule has 4 aromatic rings. The largest absolute Gasteiger partial charge is 0.497 e. The second-order valence-electron chi connectivity index (χ2n) is 9.51. The van der Waals surface area contributed by atoms with Crippen molar-refractivity contribution in [2.45, 2.75) is 25.9 Å². The van der Waals surface area contributed by atoms with Gasteiger partial charge in [-0.05, 0) is 36.8 Å². The maximum Gasteiger partial charge on any atom is 0.296 e. The van der Waals surface area contributed by atoms with Gasteiger partial charge in [0, 0.05) is 32.7 Å². The zero-order valence-corrected chi connectivity index (χ0v) is 22.6. The van der Waals surface area contributed by atoms with E-state index in [-0.39, 0.29) is 17.7 Å². The number of carbonyl (C=O) groups is 1. The number of methoxy groups -OCH3 is 1. The highest BCUT2D eigenvalue weighted by Crippen LogP contribution is 2.29. The minimum absolute atomic E-state index is 0.146. The summed E-state index contributed by atoms with van der Waals surface area (Å²) in [6.45, 7) is 4.29. The molecule has 0 unspecified atom stereocenters. The molecule has 0 aliphatic carbocycles. The third-order valence-electron chi connectivity index (χ3n) is 6.69. The van der Waals surface area contributed by atoms with Crippen LogP contribution in [0, 0.1) is 0 Å². The summed E-state index contributed by atoms with van der Waals surface area (Å²) in [5.74, 6) is 1.02. The quantitative estimate of drug-likeness (QED) is 0.333. The second-order valence-corrected chi connectivity index (χ2v) is 9.51. The lowest BCUT2D eigenvalue weighted by molar-refractivity contribution is -0.130. The summed E-state index contributed by atoms with van der Waals surface area (Å²) >= 11 is 0. The lowest BCUT2D eigenvalue weighted by atomic mass is 10.2. The van der Waals surface area contributed by atoms with E-state index in [1.807, 2.05) is 29.2 Å². The molecule has 2 aromatic carbocycles. The number of hydrogen-bond donors (Lipinski definition) is 1. The van der Waals surface area contributed by atoms with Gasteiger partial charge in [0.25, 0.3) is 6.43 Å². The van der Waals surface area contributed by atoms with Crippen molar-refractivity contribution in [3.63, 3.8) is 0 Å². The fourth-order valence-corrected chi connectivity index (χ4v) is 4.70. The molecule has 1 amide bonds. The van der Waals surface area contributed by atoms with Crippen LogP contribution in [0.25, 0.3) is 16.9 Å². The molecular weight excluding hydrogens is 520 g/mol. The number of halogens is 2. The number of imidazole rings is 1. The molecule has 0 spiro atoms. The van der Waals surface area contributed by atoms with Gasteiger partial charge in [-0.1, -0.05) is 24.3 Å². The van der Waals surface area contributed by atoms with Crippen LogP contribution in [0.15, 0.2) is 54.6 Å². The Labute approximate surface area is 230 Å². The maximum absolute atomic E-state index is 14.1. The van der Waals surface area contributed by atoms with Gasteiger partial charge in [0.1, 0.15) is 23.4 Å². The highest BCUT2D eigenvalue weighted by molar-refractivity contribution is 5.84. The SMILES string of the molecule is COc1cccc(CN(C)C(=O)[C@H](C)Nc2nc(N3CCOCC3)cc(-n3c(C(F)F)nc4ccccc43)n2)c1. The number of amides is 1. The fourth-order valence-electron chi connectivity index (χ4n) is 4.70. The lowest BCUT2D eigenvalue weighted by Crippen LogP contribution is -2.39. The summed E-state index contributed by atoms with van der Waals surface area (Å²) in [5.41, 5.74) is 1.85. The molecule has 1 atom stereocenters. The van der Waals surface area contributed by atoms with E-state index in [1.54, 1.807) is 56.3 Å². The van der Waals surface area contributed by atoms with Gasteiger partial charge >= 0.3 is 0 Å². The number of benzene rings is 2. The van der Waals surface area contributed by atoms with Gasteiger partial charge < -0.3 is 24.6 Å². The smallest absolute Gasteiger partial charge is 0.296 e. The van der Waals surface area contributed by atoms with E-state index in [4.69, 9.17) is 9.47 Å². The van der Waals surface area contributed by atoms with Crippen molar-refractivity contribution in [3.8, 4) is 11.6 Å². The fraction of sp³-hybridized carbons (Fsp3) is 0.357. The molecule has 210 valence electrons. The first kappa shape index (κ1) is 27.3. The summed E-state index contributed by atoms with van der Waals surface area (Å²) in [5, 5.41) is 3.09. The highest BCUT2D eigenvalue weighted by Gasteiger charge is 2.25. The zero-order valence-electron chi connectivity index (χ0n) is 22.6. The van der Waals surface area contributed by atoms with Crippen LogP contribution in [0.3, 0.4) is 0 Å². The van der Waals surface area contributed by atoms with Gasteiger partial charge in [-0.15, -0.1) is 0 Å². The normalized spacial score (nSPS) is 14.4. The summed E-state index contributed by atoms with van der Waals surface area (Å²) in [7, 11) is 3.30. The Morgan fingerprint density at radius 3 is 2.58 bits per heavy atom. The van der Waals surface area contributed by atoms with Crippen molar-refractivity contribution in [1.29, 1.82) is 0 Å². The first-order chi connectivity index (χ1) is 19.3. The monoisotopic (exact) mass is 551 g/mol. The van der Waals surface area contributed by atoms with Crippen LogP contribution in [0.2, 0.25) is 0 Å². The molecule has 1 aliphatic heterocycles. The Bertz CT molecular complexity index is 1490. The van der Waals surface area contributed by atoms with Gasteiger partial charge in [0.15, 0.2) is 5.82 Å². The van der Waals surface area contributed by atoms with Crippen molar-refractivity contribution in [2.24, 2.45) is 0 Å². The van der Waals surface area contributed by atoms with Crippen LogP contribution in [0.5, 0.6) is 5.75 Å². The number of rotatable bonds is 9. The average Bonchev–Trinajstić information content (AvgIpc) is 3.37. The number of aromatic nitrogens is 4. The minimum atomic E-state index is -2.82. The van der Waals surface area contributed by atoms with E-state index in [2.05, 4.69) is 20.3 Å². The van der Waals surface area contributed by atoms with Gasteiger partial charge in [-0.2, -0.15) is 9.97 Å². The van der Waals surface area contributed by atoms with Crippen LogP contribution in [0.4, 0.5) is 20.5 Å². The van der Waals surface area contributed by atoms with Gasteiger partial charge in [0.2, 0.25) is 11.9 Å². The van der Waals surface area contributed by atoms with E-state index in [9.17, 15) is 13.6 Å². The Kier molecular flexibility index (Phi) is 8.06. The number of morpholine rings is 1. The van der Waals surface area contributed by atoms with Crippen molar-refractivity contribution in [2.75, 3.05) is 50.7 Å². The number of likely N-dealkylation sites (N-methyl/N-ethyl adjacent to an activating group) is 1. The molecule has 40 heavy (non-hydrogen) atoms. The Morgan fingerprint density at radius 2 is 1.82 bits per heavy atom.